The molecule has 0 fully saturated rings. The molecular formula is C18H20Cl2N3O2+. The third-order valence-electron chi connectivity index (χ3n) is 3.82. The zero-order valence-electron chi connectivity index (χ0n) is 14.0. The van der Waals surface area contributed by atoms with Crippen LogP contribution in [0.1, 0.15) is 17.2 Å². The lowest BCUT2D eigenvalue weighted by atomic mass is 10.0. The third kappa shape index (κ3) is 5.19. The summed E-state index contributed by atoms with van der Waals surface area (Å²) in [4.78, 5) is 25.1. The van der Waals surface area contributed by atoms with E-state index in [4.69, 9.17) is 23.2 Å². The molecular weight excluding hydrogens is 361 g/mol. The number of nitrogens with one attached hydrogen (secondary N) is 3. The average molecular weight is 381 g/mol. The number of quaternary nitrogens is 1. The molecule has 0 spiro atoms. The van der Waals surface area contributed by atoms with Crippen LogP contribution in [0, 0.1) is 0 Å². The van der Waals surface area contributed by atoms with Gasteiger partial charge in [0.15, 0.2) is 6.04 Å². The number of hydrogen-bond acceptors (Lipinski definition) is 2. The summed E-state index contributed by atoms with van der Waals surface area (Å²) in [5, 5.41) is 5.71. The van der Waals surface area contributed by atoms with E-state index in [1.165, 1.54) is 7.05 Å². The molecule has 5 nitrogen and oxygen atoms in total. The van der Waals surface area contributed by atoms with Crippen LogP contribution in [0.5, 0.6) is 0 Å². The van der Waals surface area contributed by atoms with Crippen LogP contribution in [-0.4, -0.2) is 26.0 Å². The first kappa shape index (κ1) is 19.2. The Morgan fingerprint density at radius 1 is 1.08 bits per heavy atom. The predicted octanol–water partition coefficient (Wildman–Crippen LogP) is 2.21. The van der Waals surface area contributed by atoms with Crippen molar-refractivity contribution in [3.05, 3.63) is 69.7 Å². The molecule has 0 saturated carbocycles. The second-order valence-corrected chi connectivity index (χ2v) is 6.50. The zero-order valence-corrected chi connectivity index (χ0v) is 15.5. The van der Waals surface area contributed by atoms with Crippen LogP contribution < -0.4 is 15.5 Å². The van der Waals surface area contributed by atoms with E-state index in [0.29, 0.717) is 16.6 Å². The van der Waals surface area contributed by atoms with Gasteiger partial charge in [0.05, 0.1) is 17.1 Å². The highest BCUT2D eigenvalue weighted by Crippen LogP contribution is 2.22. The molecule has 3 N–H and O–H groups in total. The van der Waals surface area contributed by atoms with Crippen molar-refractivity contribution < 1.29 is 14.5 Å². The Balaban J connectivity index is 2.25. The number of hydrogen-bond donors (Lipinski definition) is 3. The van der Waals surface area contributed by atoms with Crippen LogP contribution in [0.4, 0.5) is 4.79 Å². The van der Waals surface area contributed by atoms with Gasteiger partial charge in [0, 0.05) is 18.2 Å². The van der Waals surface area contributed by atoms with Gasteiger partial charge in [-0.15, -0.1) is 0 Å². The summed E-state index contributed by atoms with van der Waals surface area (Å²) in [6.07, 6.45) is 0. The molecule has 0 aromatic heterocycles. The largest absolute Gasteiger partial charge is 0.341 e. The SMILES string of the molecule is CNC(=O)NC(=O)[C@@H](c1ccccc1)[NH+](C)Cc1ccc(Cl)c(Cl)c1. The first-order chi connectivity index (χ1) is 11.9. The first-order valence-corrected chi connectivity index (χ1v) is 8.51. The summed E-state index contributed by atoms with van der Waals surface area (Å²) in [7, 11) is 3.36. The molecule has 0 radical (unpaired) electrons. The Morgan fingerprint density at radius 3 is 2.36 bits per heavy atom. The van der Waals surface area contributed by atoms with E-state index in [1.54, 1.807) is 12.1 Å². The van der Waals surface area contributed by atoms with E-state index < -0.39 is 12.1 Å². The minimum Gasteiger partial charge on any atom is -0.341 e. The van der Waals surface area contributed by atoms with Crippen LogP contribution in [0.3, 0.4) is 0 Å². The van der Waals surface area contributed by atoms with Gasteiger partial charge in [0.25, 0.3) is 5.91 Å². The maximum absolute atomic E-state index is 12.6. The summed E-state index contributed by atoms with van der Waals surface area (Å²) in [6.45, 7) is 0.539. The number of rotatable bonds is 5. The molecule has 0 aliphatic rings. The highest BCUT2D eigenvalue weighted by molar-refractivity contribution is 6.42. The first-order valence-electron chi connectivity index (χ1n) is 7.76. The van der Waals surface area contributed by atoms with Crippen LogP contribution in [0.25, 0.3) is 0 Å². The Bertz CT molecular complexity index is 753. The number of imide groups is 1. The molecule has 2 rings (SSSR count). The van der Waals surface area contributed by atoms with Crippen LogP contribution in [0.15, 0.2) is 48.5 Å². The molecule has 0 aliphatic carbocycles. The van der Waals surface area contributed by atoms with Gasteiger partial charge >= 0.3 is 6.03 Å². The Morgan fingerprint density at radius 2 is 1.76 bits per heavy atom. The van der Waals surface area contributed by atoms with Gasteiger partial charge in [-0.05, 0) is 12.1 Å². The molecule has 25 heavy (non-hydrogen) atoms. The van der Waals surface area contributed by atoms with Gasteiger partial charge in [-0.3, -0.25) is 10.1 Å². The molecule has 7 heteroatoms. The molecule has 1 unspecified atom stereocenters. The Hall–Kier alpha value is -2.08. The second kappa shape index (κ2) is 8.85. The lowest BCUT2D eigenvalue weighted by Gasteiger charge is -2.24. The Labute approximate surface area is 156 Å². The minimum absolute atomic E-state index is 0.372. The fourth-order valence-electron chi connectivity index (χ4n) is 2.63. The third-order valence-corrected chi connectivity index (χ3v) is 4.56. The number of benzene rings is 2. The van der Waals surface area contributed by atoms with Crippen molar-refractivity contribution in [1.82, 2.24) is 10.6 Å². The smallest absolute Gasteiger partial charge is 0.321 e. The summed E-state index contributed by atoms with van der Waals surface area (Å²) in [5.74, 6) is -0.372. The Kier molecular flexibility index (Phi) is 6.82. The van der Waals surface area contributed by atoms with E-state index in [-0.39, 0.29) is 5.91 Å². The number of halogens is 2. The quantitative estimate of drug-likeness (QED) is 0.744. The fraction of sp³-hybridized carbons (Fsp3) is 0.222. The van der Waals surface area contributed by atoms with E-state index in [1.807, 2.05) is 43.4 Å². The molecule has 2 aromatic carbocycles. The van der Waals surface area contributed by atoms with E-state index in [0.717, 1.165) is 16.0 Å². The fourth-order valence-corrected chi connectivity index (χ4v) is 2.95. The van der Waals surface area contributed by atoms with Gasteiger partial charge in [-0.25, -0.2) is 4.79 Å². The van der Waals surface area contributed by atoms with Gasteiger partial charge in [-0.2, -0.15) is 0 Å². The summed E-state index contributed by atoms with van der Waals surface area (Å²) in [5.41, 5.74) is 1.77. The summed E-state index contributed by atoms with van der Waals surface area (Å²) in [6, 6.07) is 13.6. The normalized spacial score (nSPS) is 13.0. The number of amides is 3. The van der Waals surface area contributed by atoms with E-state index >= 15 is 0 Å². The van der Waals surface area contributed by atoms with Crippen molar-refractivity contribution in [3.63, 3.8) is 0 Å². The molecule has 0 saturated heterocycles. The molecule has 132 valence electrons. The average Bonchev–Trinajstić information content (AvgIpc) is 2.59. The summed E-state index contributed by atoms with van der Waals surface area (Å²) < 4.78 is 0. The number of carbonyl (C=O) groups excluding carboxylic acids is 2. The van der Waals surface area contributed by atoms with Crippen molar-refractivity contribution in [2.75, 3.05) is 14.1 Å². The zero-order chi connectivity index (χ0) is 18.4. The maximum Gasteiger partial charge on any atom is 0.321 e. The van der Waals surface area contributed by atoms with Crippen molar-refractivity contribution in [2.45, 2.75) is 12.6 Å². The van der Waals surface area contributed by atoms with Crippen molar-refractivity contribution in [3.8, 4) is 0 Å². The van der Waals surface area contributed by atoms with E-state index in [2.05, 4.69) is 10.6 Å². The topological polar surface area (TPSA) is 62.6 Å². The lowest BCUT2D eigenvalue weighted by molar-refractivity contribution is -0.916. The van der Waals surface area contributed by atoms with E-state index in [9.17, 15) is 9.59 Å². The maximum atomic E-state index is 12.6. The van der Waals surface area contributed by atoms with Crippen molar-refractivity contribution >= 4 is 35.1 Å². The van der Waals surface area contributed by atoms with Crippen molar-refractivity contribution in [2.24, 2.45) is 0 Å². The van der Waals surface area contributed by atoms with Gasteiger partial charge < -0.3 is 10.2 Å². The highest BCUT2D eigenvalue weighted by atomic mass is 35.5. The number of urea groups is 1. The van der Waals surface area contributed by atoms with Gasteiger partial charge in [0.1, 0.15) is 6.54 Å². The molecule has 0 heterocycles. The van der Waals surface area contributed by atoms with Gasteiger partial charge in [0.2, 0.25) is 0 Å². The van der Waals surface area contributed by atoms with Gasteiger partial charge in [-0.1, -0.05) is 59.6 Å². The molecule has 3 amide bonds. The summed E-state index contributed by atoms with van der Waals surface area (Å²) >= 11 is 12.0. The molecule has 0 aliphatic heterocycles. The second-order valence-electron chi connectivity index (χ2n) is 5.68. The van der Waals surface area contributed by atoms with Crippen LogP contribution >= 0.6 is 23.2 Å². The monoisotopic (exact) mass is 380 g/mol. The predicted molar refractivity (Wildman–Crippen MR) is 98.8 cm³/mol. The molecule has 2 aromatic rings. The number of likely N-dealkylation sites (N-methyl/N-ethyl adjacent to an activating group) is 1. The van der Waals surface area contributed by atoms with Crippen LogP contribution in [-0.2, 0) is 11.3 Å². The molecule has 0 bridgehead atoms. The standard InChI is InChI=1S/C18H19Cl2N3O2/c1-21-18(25)22-17(24)16(13-6-4-3-5-7-13)23(2)11-12-8-9-14(19)15(20)10-12/h3-10,16H,11H2,1-2H3,(H2,21,22,24,25)/p+1/t16-/m1/s1. The van der Waals surface area contributed by atoms with Crippen molar-refractivity contribution in [1.29, 1.82) is 0 Å². The molecule has 2 atom stereocenters. The lowest BCUT2D eigenvalue weighted by Crippen LogP contribution is -3.09. The van der Waals surface area contributed by atoms with Crippen LogP contribution in [0.2, 0.25) is 10.0 Å². The number of carbonyl (C=O) groups is 2. The minimum atomic E-state index is -0.548. The highest BCUT2D eigenvalue weighted by Gasteiger charge is 2.30.